The summed E-state index contributed by atoms with van der Waals surface area (Å²) in [6, 6.07) is 5.95. The molecule has 1 aliphatic heterocycles. The Kier molecular flexibility index (Phi) is 2.46. The summed E-state index contributed by atoms with van der Waals surface area (Å²) in [6.07, 6.45) is -0.482. The SMILES string of the molecule is Cc1cc(C2CNC(=O)O2)ccc1Br. The molecular formula is C10H10BrNO2. The van der Waals surface area contributed by atoms with E-state index in [1.807, 2.05) is 25.1 Å². The van der Waals surface area contributed by atoms with Gasteiger partial charge in [-0.05, 0) is 24.1 Å². The summed E-state index contributed by atoms with van der Waals surface area (Å²) in [4.78, 5) is 10.8. The summed E-state index contributed by atoms with van der Waals surface area (Å²) in [5, 5.41) is 2.63. The van der Waals surface area contributed by atoms with E-state index in [0.717, 1.165) is 15.6 Å². The Bertz CT molecular complexity index is 378. The van der Waals surface area contributed by atoms with E-state index >= 15 is 0 Å². The van der Waals surface area contributed by atoms with Crippen molar-refractivity contribution in [2.45, 2.75) is 13.0 Å². The fourth-order valence-electron chi connectivity index (χ4n) is 1.44. The number of amides is 1. The summed E-state index contributed by atoms with van der Waals surface area (Å²) in [6.45, 7) is 2.57. The lowest BCUT2D eigenvalue weighted by Gasteiger charge is -2.09. The zero-order valence-electron chi connectivity index (χ0n) is 7.71. The van der Waals surface area contributed by atoms with Crippen LogP contribution in [0.5, 0.6) is 0 Å². The van der Waals surface area contributed by atoms with Gasteiger partial charge in [0.15, 0.2) is 0 Å². The van der Waals surface area contributed by atoms with Crippen LogP contribution in [0.3, 0.4) is 0 Å². The fourth-order valence-corrected chi connectivity index (χ4v) is 1.69. The van der Waals surface area contributed by atoms with Gasteiger partial charge in [0.1, 0.15) is 6.10 Å². The fraction of sp³-hybridized carbons (Fsp3) is 0.300. The van der Waals surface area contributed by atoms with Gasteiger partial charge in [0, 0.05) is 4.47 Å². The van der Waals surface area contributed by atoms with Crippen molar-refractivity contribution in [3.05, 3.63) is 33.8 Å². The van der Waals surface area contributed by atoms with Crippen LogP contribution in [-0.2, 0) is 4.74 Å². The molecule has 1 aromatic carbocycles. The Hall–Kier alpha value is -1.03. The Labute approximate surface area is 90.6 Å². The lowest BCUT2D eigenvalue weighted by atomic mass is 10.1. The van der Waals surface area contributed by atoms with Crippen LogP contribution in [0.4, 0.5) is 4.79 Å². The van der Waals surface area contributed by atoms with E-state index in [1.165, 1.54) is 0 Å². The first-order valence-corrected chi connectivity index (χ1v) is 5.16. The van der Waals surface area contributed by atoms with Gasteiger partial charge < -0.3 is 10.1 Å². The summed E-state index contributed by atoms with van der Waals surface area (Å²) in [5.74, 6) is 0. The van der Waals surface area contributed by atoms with E-state index in [2.05, 4.69) is 21.2 Å². The number of benzene rings is 1. The number of hydrogen-bond acceptors (Lipinski definition) is 2. The van der Waals surface area contributed by atoms with Crippen LogP contribution in [0.15, 0.2) is 22.7 Å². The van der Waals surface area contributed by atoms with E-state index in [0.29, 0.717) is 6.54 Å². The quantitative estimate of drug-likeness (QED) is 0.838. The monoisotopic (exact) mass is 255 g/mol. The Morgan fingerprint density at radius 3 is 2.93 bits per heavy atom. The third-order valence-electron chi connectivity index (χ3n) is 2.23. The first-order valence-electron chi connectivity index (χ1n) is 4.37. The average molecular weight is 256 g/mol. The van der Waals surface area contributed by atoms with Crippen molar-refractivity contribution < 1.29 is 9.53 Å². The van der Waals surface area contributed by atoms with E-state index in [4.69, 9.17) is 4.74 Å². The molecule has 1 saturated heterocycles. The number of carbonyl (C=O) groups is 1. The lowest BCUT2D eigenvalue weighted by molar-refractivity contribution is 0.141. The molecule has 74 valence electrons. The number of halogens is 1. The Balaban J connectivity index is 2.24. The smallest absolute Gasteiger partial charge is 0.407 e. The second-order valence-electron chi connectivity index (χ2n) is 3.28. The molecule has 0 aliphatic carbocycles. The van der Waals surface area contributed by atoms with Crippen molar-refractivity contribution in [3.8, 4) is 0 Å². The van der Waals surface area contributed by atoms with Crippen molar-refractivity contribution in [1.82, 2.24) is 5.32 Å². The zero-order valence-corrected chi connectivity index (χ0v) is 9.30. The minimum Gasteiger partial charge on any atom is -0.439 e. The van der Waals surface area contributed by atoms with Crippen LogP contribution in [-0.4, -0.2) is 12.6 Å². The molecular weight excluding hydrogens is 246 g/mol. The summed E-state index contributed by atoms with van der Waals surface area (Å²) in [5.41, 5.74) is 2.18. The minimum atomic E-state index is -0.337. The van der Waals surface area contributed by atoms with Crippen molar-refractivity contribution >= 4 is 22.0 Å². The predicted octanol–water partition coefficient (Wildman–Crippen LogP) is 2.54. The second-order valence-corrected chi connectivity index (χ2v) is 4.14. The number of alkyl carbamates (subject to hydrolysis) is 1. The molecule has 0 spiro atoms. The number of cyclic esters (lactones) is 1. The molecule has 1 atom stereocenters. The molecule has 1 heterocycles. The first-order chi connectivity index (χ1) is 6.66. The molecule has 3 nitrogen and oxygen atoms in total. The molecule has 14 heavy (non-hydrogen) atoms. The number of rotatable bonds is 1. The molecule has 0 radical (unpaired) electrons. The van der Waals surface area contributed by atoms with Gasteiger partial charge in [0.2, 0.25) is 0 Å². The molecule has 0 bridgehead atoms. The summed E-state index contributed by atoms with van der Waals surface area (Å²) in [7, 11) is 0. The number of hydrogen-bond donors (Lipinski definition) is 1. The molecule has 4 heteroatoms. The van der Waals surface area contributed by atoms with Crippen LogP contribution in [0, 0.1) is 6.92 Å². The minimum absolute atomic E-state index is 0.144. The maximum atomic E-state index is 10.8. The molecule has 1 aromatic rings. The maximum Gasteiger partial charge on any atom is 0.407 e. The van der Waals surface area contributed by atoms with Gasteiger partial charge in [-0.3, -0.25) is 0 Å². The van der Waals surface area contributed by atoms with Gasteiger partial charge in [0.05, 0.1) is 6.54 Å². The van der Waals surface area contributed by atoms with E-state index in [-0.39, 0.29) is 12.2 Å². The predicted molar refractivity (Wildman–Crippen MR) is 56.1 cm³/mol. The average Bonchev–Trinajstić information content (AvgIpc) is 2.57. The molecule has 1 aliphatic rings. The van der Waals surface area contributed by atoms with Gasteiger partial charge >= 0.3 is 6.09 Å². The molecule has 1 N–H and O–H groups in total. The highest BCUT2D eigenvalue weighted by atomic mass is 79.9. The van der Waals surface area contributed by atoms with Crippen molar-refractivity contribution in [2.24, 2.45) is 0 Å². The van der Waals surface area contributed by atoms with E-state index in [9.17, 15) is 4.79 Å². The standard InChI is InChI=1S/C10H10BrNO2/c1-6-4-7(2-3-8(6)11)9-5-12-10(13)14-9/h2-4,9H,5H2,1H3,(H,12,13). The van der Waals surface area contributed by atoms with Crippen molar-refractivity contribution in [1.29, 1.82) is 0 Å². The highest BCUT2D eigenvalue weighted by Crippen LogP contribution is 2.25. The molecule has 2 rings (SSSR count). The van der Waals surface area contributed by atoms with Crippen LogP contribution < -0.4 is 5.32 Å². The first kappa shape index (κ1) is 9.52. The van der Waals surface area contributed by atoms with Gasteiger partial charge in [-0.15, -0.1) is 0 Å². The number of aryl methyl sites for hydroxylation is 1. The molecule has 1 fully saturated rings. The largest absolute Gasteiger partial charge is 0.439 e. The normalized spacial score (nSPS) is 20.4. The Morgan fingerprint density at radius 1 is 1.57 bits per heavy atom. The van der Waals surface area contributed by atoms with Crippen molar-refractivity contribution in [3.63, 3.8) is 0 Å². The highest BCUT2D eigenvalue weighted by molar-refractivity contribution is 9.10. The van der Waals surface area contributed by atoms with Crippen molar-refractivity contribution in [2.75, 3.05) is 6.54 Å². The summed E-state index contributed by atoms with van der Waals surface area (Å²) < 4.78 is 6.14. The Morgan fingerprint density at radius 2 is 2.36 bits per heavy atom. The second kappa shape index (κ2) is 3.61. The maximum absolute atomic E-state index is 10.8. The van der Waals surface area contributed by atoms with Crippen LogP contribution in [0.1, 0.15) is 17.2 Å². The number of ether oxygens (including phenoxy) is 1. The van der Waals surface area contributed by atoms with E-state index in [1.54, 1.807) is 0 Å². The highest BCUT2D eigenvalue weighted by Gasteiger charge is 2.24. The molecule has 1 unspecified atom stereocenters. The van der Waals surface area contributed by atoms with Crippen LogP contribution in [0.25, 0.3) is 0 Å². The third kappa shape index (κ3) is 1.75. The summed E-state index contributed by atoms with van der Waals surface area (Å²) >= 11 is 3.43. The lowest BCUT2D eigenvalue weighted by Crippen LogP contribution is -2.12. The third-order valence-corrected chi connectivity index (χ3v) is 3.12. The van der Waals surface area contributed by atoms with Gasteiger partial charge in [-0.1, -0.05) is 28.1 Å². The van der Waals surface area contributed by atoms with Crippen LogP contribution >= 0.6 is 15.9 Å². The zero-order chi connectivity index (χ0) is 10.1. The van der Waals surface area contributed by atoms with Gasteiger partial charge in [-0.25, -0.2) is 4.79 Å². The molecule has 0 aromatic heterocycles. The molecule has 1 amide bonds. The van der Waals surface area contributed by atoms with E-state index < -0.39 is 0 Å². The van der Waals surface area contributed by atoms with Crippen LogP contribution in [0.2, 0.25) is 0 Å². The van der Waals surface area contributed by atoms with Gasteiger partial charge in [0.25, 0.3) is 0 Å². The molecule has 0 saturated carbocycles. The number of nitrogens with one attached hydrogen (secondary N) is 1. The topological polar surface area (TPSA) is 38.3 Å². The number of carbonyl (C=O) groups excluding carboxylic acids is 1. The van der Waals surface area contributed by atoms with Gasteiger partial charge in [-0.2, -0.15) is 0 Å².